The van der Waals surface area contributed by atoms with Crippen LogP contribution >= 0.6 is 0 Å². The van der Waals surface area contributed by atoms with Crippen LogP contribution in [0.3, 0.4) is 0 Å². The van der Waals surface area contributed by atoms with E-state index in [0.717, 1.165) is 6.08 Å². The van der Waals surface area contributed by atoms with Crippen molar-refractivity contribution < 1.29 is 24.2 Å². The Kier molecular flexibility index (Phi) is 5.40. The van der Waals surface area contributed by atoms with Gasteiger partial charge in [-0.25, -0.2) is 9.78 Å². The third-order valence-electron chi connectivity index (χ3n) is 2.28. The van der Waals surface area contributed by atoms with Crippen LogP contribution in [0, 0.1) is 0 Å². The Morgan fingerprint density at radius 2 is 2.15 bits per heavy atom. The molecule has 0 aliphatic carbocycles. The number of ether oxygens (including phenoxy) is 1. The van der Waals surface area contributed by atoms with Crippen molar-refractivity contribution in [2.45, 2.75) is 6.92 Å². The number of nitrogens with zero attached hydrogens (tertiary/aromatic N) is 2. The van der Waals surface area contributed by atoms with E-state index in [1.54, 1.807) is 0 Å². The topological polar surface area (TPSA) is 96.8 Å². The van der Waals surface area contributed by atoms with Crippen molar-refractivity contribution in [3.63, 3.8) is 0 Å². The van der Waals surface area contributed by atoms with E-state index < -0.39 is 5.97 Å². The third-order valence-corrected chi connectivity index (χ3v) is 2.28. The zero-order chi connectivity index (χ0) is 15.1. The highest BCUT2D eigenvalue weighted by Crippen LogP contribution is 2.25. The number of pyridine rings is 1. The van der Waals surface area contributed by atoms with Gasteiger partial charge in [0.15, 0.2) is 0 Å². The number of hydrogen-bond acceptors (Lipinski definition) is 5. The molecular weight excluding hydrogens is 264 g/mol. The second kappa shape index (κ2) is 7.03. The van der Waals surface area contributed by atoms with Crippen molar-refractivity contribution in [1.29, 1.82) is 0 Å². The number of carbonyl (C=O) groups is 3. The van der Waals surface area contributed by atoms with Crippen LogP contribution in [0.4, 0.5) is 5.69 Å². The zero-order valence-corrected chi connectivity index (χ0v) is 11.1. The summed E-state index contributed by atoms with van der Waals surface area (Å²) in [6.45, 7) is 1.27. The summed E-state index contributed by atoms with van der Waals surface area (Å²) in [5, 5.41) is 8.54. The van der Waals surface area contributed by atoms with Crippen molar-refractivity contribution >= 4 is 29.9 Å². The molecule has 0 aromatic carbocycles. The van der Waals surface area contributed by atoms with E-state index in [-0.39, 0.29) is 18.2 Å². The fourth-order valence-corrected chi connectivity index (χ4v) is 1.48. The fraction of sp³-hybridized carbons (Fsp3) is 0.231. The summed E-state index contributed by atoms with van der Waals surface area (Å²) < 4.78 is 5.05. The average Bonchev–Trinajstić information content (AvgIpc) is 2.42. The molecule has 1 heterocycles. The van der Waals surface area contributed by atoms with E-state index >= 15 is 0 Å². The van der Waals surface area contributed by atoms with Crippen LogP contribution < -0.4 is 9.64 Å². The van der Waals surface area contributed by atoms with Crippen LogP contribution in [-0.2, 0) is 14.4 Å². The van der Waals surface area contributed by atoms with E-state index in [4.69, 9.17) is 9.84 Å². The number of anilines is 1. The van der Waals surface area contributed by atoms with Gasteiger partial charge in [-0.1, -0.05) is 0 Å². The molecule has 0 saturated carbocycles. The minimum Gasteiger partial charge on any atom is -0.479 e. The first kappa shape index (κ1) is 15.4. The maximum Gasteiger partial charge on any atom is 0.328 e. The van der Waals surface area contributed by atoms with Gasteiger partial charge < -0.3 is 14.7 Å². The van der Waals surface area contributed by atoms with Gasteiger partial charge in [0, 0.05) is 6.08 Å². The lowest BCUT2D eigenvalue weighted by Crippen LogP contribution is -2.27. The van der Waals surface area contributed by atoms with Gasteiger partial charge in [-0.2, -0.15) is 0 Å². The van der Waals surface area contributed by atoms with Crippen LogP contribution in [0.5, 0.6) is 5.88 Å². The highest BCUT2D eigenvalue weighted by atomic mass is 16.5. The molecule has 1 N–H and O–H groups in total. The maximum atomic E-state index is 11.1. The zero-order valence-electron chi connectivity index (χ0n) is 11.1. The molecule has 0 saturated heterocycles. The Morgan fingerprint density at radius 1 is 1.45 bits per heavy atom. The number of aromatic nitrogens is 1. The van der Waals surface area contributed by atoms with Gasteiger partial charge in [0.25, 0.3) is 0 Å². The summed E-state index contributed by atoms with van der Waals surface area (Å²) in [6, 6.07) is 3.05. The first-order valence-electron chi connectivity index (χ1n) is 5.65. The summed E-state index contributed by atoms with van der Waals surface area (Å²) in [7, 11) is 1.37. The predicted molar refractivity (Wildman–Crippen MR) is 71.5 cm³/mol. The first-order chi connectivity index (χ1) is 9.47. The maximum absolute atomic E-state index is 11.1. The van der Waals surface area contributed by atoms with Gasteiger partial charge >= 0.3 is 5.97 Å². The number of carboxylic acids is 1. The second-order valence-corrected chi connectivity index (χ2v) is 3.87. The molecule has 106 valence electrons. The largest absolute Gasteiger partial charge is 0.479 e. The second-order valence-electron chi connectivity index (χ2n) is 3.87. The number of Topliss-reactive ketones (excluding diaryl/α,β-unsaturated/α-hetero) is 1. The van der Waals surface area contributed by atoms with Crippen LogP contribution in [0.2, 0.25) is 0 Å². The Balaban J connectivity index is 3.12. The van der Waals surface area contributed by atoms with Crippen molar-refractivity contribution in [3.05, 3.63) is 23.9 Å². The molecular formula is C13H14N2O5. The molecule has 0 fully saturated rings. The molecule has 20 heavy (non-hydrogen) atoms. The summed E-state index contributed by atoms with van der Waals surface area (Å²) in [5.41, 5.74) is 0.701. The predicted octanol–water partition coefficient (Wildman–Crippen LogP) is 0.740. The van der Waals surface area contributed by atoms with Crippen molar-refractivity contribution in [1.82, 2.24) is 4.98 Å². The molecule has 1 rings (SSSR count). The number of aliphatic carboxylic acids is 1. The highest BCUT2D eigenvalue weighted by Gasteiger charge is 2.14. The molecule has 1 amide bonds. The number of carboxylic acid groups (broad SMARTS) is 1. The molecule has 0 aliphatic heterocycles. The van der Waals surface area contributed by atoms with E-state index in [2.05, 4.69) is 4.98 Å². The molecule has 7 nitrogen and oxygen atoms in total. The number of carbonyl (C=O) groups excluding carboxylic acids is 2. The van der Waals surface area contributed by atoms with Gasteiger partial charge in [-0.05, 0) is 25.1 Å². The van der Waals surface area contributed by atoms with Gasteiger partial charge in [0.2, 0.25) is 12.3 Å². The molecule has 0 spiro atoms. The number of rotatable bonds is 7. The number of amides is 1. The smallest absolute Gasteiger partial charge is 0.328 e. The van der Waals surface area contributed by atoms with Crippen LogP contribution in [0.1, 0.15) is 12.6 Å². The van der Waals surface area contributed by atoms with E-state index in [1.807, 2.05) is 0 Å². The quantitative estimate of drug-likeness (QED) is 0.583. The average molecular weight is 278 g/mol. The van der Waals surface area contributed by atoms with Crippen LogP contribution in [0.25, 0.3) is 6.08 Å². The van der Waals surface area contributed by atoms with Crippen LogP contribution in [0.15, 0.2) is 18.2 Å². The standard InChI is InChI=1S/C13H14N2O5/c1-9(17)7-15(8-16)11-5-3-10(4-6-12(18)19)14-13(11)20-2/h3-6,8H,7H2,1-2H3,(H,18,19)/b6-4+. The molecule has 0 unspecified atom stereocenters. The van der Waals surface area contributed by atoms with E-state index in [1.165, 1.54) is 37.1 Å². The normalized spacial score (nSPS) is 10.3. The molecule has 1 aromatic rings. The first-order valence-corrected chi connectivity index (χ1v) is 5.65. The summed E-state index contributed by atoms with van der Waals surface area (Å²) in [4.78, 5) is 37.8. The lowest BCUT2D eigenvalue weighted by Gasteiger charge is -2.18. The molecule has 0 atom stereocenters. The number of methoxy groups -OCH3 is 1. The fourth-order valence-electron chi connectivity index (χ4n) is 1.48. The number of hydrogen-bond donors (Lipinski definition) is 1. The van der Waals surface area contributed by atoms with Gasteiger partial charge in [-0.3, -0.25) is 9.59 Å². The van der Waals surface area contributed by atoms with Crippen molar-refractivity contribution in [3.8, 4) is 5.88 Å². The highest BCUT2D eigenvalue weighted by molar-refractivity contribution is 5.90. The van der Waals surface area contributed by atoms with E-state index in [9.17, 15) is 14.4 Å². The van der Waals surface area contributed by atoms with Crippen molar-refractivity contribution in [2.24, 2.45) is 0 Å². The number of ketones is 1. The molecule has 1 aromatic heterocycles. The Morgan fingerprint density at radius 3 is 2.65 bits per heavy atom. The molecule has 0 bridgehead atoms. The third kappa shape index (κ3) is 4.20. The monoisotopic (exact) mass is 278 g/mol. The SMILES string of the molecule is COc1nc(/C=C/C(=O)O)ccc1N(C=O)CC(C)=O. The lowest BCUT2D eigenvalue weighted by atomic mass is 10.2. The van der Waals surface area contributed by atoms with E-state index in [0.29, 0.717) is 17.8 Å². The summed E-state index contributed by atoms with van der Waals surface area (Å²) in [5.74, 6) is -1.15. The Bertz CT molecular complexity index is 554. The van der Waals surface area contributed by atoms with Crippen LogP contribution in [-0.4, -0.2) is 41.9 Å². The minimum absolute atomic E-state index is 0.0914. The molecule has 7 heteroatoms. The Labute approximate surface area is 115 Å². The van der Waals surface area contributed by atoms with Crippen molar-refractivity contribution in [2.75, 3.05) is 18.6 Å². The summed E-state index contributed by atoms with van der Waals surface area (Å²) in [6.07, 6.45) is 2.74. The summed E-state index contributed by atoms with van der Waals surface area (Å²) >= 11 is 0. The minimum atomic E-state index is -1.10. The molecule has 0 radical (unpaired) electrons. The van der Waals surface area contributed by atoms with Gasteiger partial charge in [-0.15, -0.1) is 0 Å². The molecule has 0 aliphatic rings. The lowest BCUT2D eigenvalue weighted by molar-refractivity contribution is -0.131. The Hall–Kier alpha value is -2.70. The van der Waals surface area contributed by atoms with Gasteiger partial charge in [0.1, 0.15) is 11.5 Å². The van der Waals surface area contributed by atoms with Gasteiger partial charge in [0.05, 0.1) is 19.3 Å².